The maximum Gasteiger partial charge on any atom is 0.0100 e. The molecule has 0 aromatic carbocycles. The lowest BCUT2D eigenvalue weighted by Gasteiger charge is -2.42. The SMILES string of the molecule is CCCC(CBr)(CCC)CN1CCC(C)(C)CC1. The van der Waals surface area contributed by atoms with Crippen molar-refractivity contribution in [2.24, 2.45) is 10.8 Å². The van der Waals surface area contributed by atoms with E-state index < -0.39 is 0 Å². The number of hydrogen-bond donors (Lipinski definition) is 0. The lowest BCUT2D eigenvalue weighted by Crippen LogP contribution is -2.44. The molecule has 2 heteroatoms. The Morgan fingerprint density at radius 1 is 1.06 bits per heavy atom. The molecule has 0 radical (unpaired) electrons. The van der Waals surface area contributed by atoms with E-state index in [1.807, 2.05) is 0 Å². The molecule has 1 aliphatic rings. The van der Waals surface area contributed by atoms with Crippen LogP contribution >= 0.6 is 15.9 Å². The monoisotopic (exact) mass is 317 g/mol. The van der Waals surface area contributed by atoms with Gasteiger partial charge in [0.15, 0.2) is 0 Å². The predicted octanol–water partition coefficient (Wildman–Crippen LogP) is 5.09. The molecule has 0 aromatic heterocycles. The van der Waals surface area contributed by atoms with E-state index in [4.69, 9.17) is 0 Å². The number of rotatable bonds is 7. The third-order valence-corrected chi connectivity index (χ3v) is 5.80. The van der Waals surface area contributed by atoms with Gasteiger partial charge in [0, 0.05) is 11.9 Å². The molecule has 1 rings (SSSR count). The Morgan fingerprint density at radius 3 is 1.94 bits per heavy atom. The van der Waals surface area contributed by atoms with E-state index in [0.29, 0.717) is 10.8 Å². The fourth-order valence-corrected chi connectivity index (χ4v) is 4.05. The van der Waals surface area contributed by atoms with E-state index in [0.717, 1.165) is 0 Å². The molecule has 0 aliphatic carbocycles. The predicted molar refractivity (Wildman–Crippen MR) is 85.5 cm³/mol. The molecule has 1 aliphatic heterocycles. The minimum absolute atomic E-state index is 0.519. The third-order valence-electron chi connectivity index (χ3n) is 4.61. The summed E-state index contributed by atoms with van der Waals surface area (Å²) in [6.45, 7) is 13.4. The van der Waals surface area contributed by atoms with Gasteiger partial charge in [-0.2, -0.15) is 0 Å². The molecule has 0 aromatic rings. The van der Waals surface area contributed by atoms with E-state index in [2.05, 4.69) is 48.5 Å². The van der Waals surface area contributed by atoms with Gasteiger partial charge in [0.2, 0.25) is 0 Å². The lowest BCUT2D eigenvalue weighted by molar-refractivity contribution is 0.0822. The lowest BCUT2D eigenvalue weighted by atomic mass is 9.78. The molecule has 0 atom stereocenters. The van der Waals surface area contributed by atoms with Gasteiger partial charge < -0.3 is 4.90 Å². The second kappa shape index (κ2) is 7.28. The molecular weight excluding hydrogens is 286 g/mol. The van der Waals surface area contributed by atoms with Gasteiger partial charge in [-0.05, 0) is 49.6 Å². The van der Waals surface area contributed by atoms with Crippen molar-refractivity contribution in [1.29, 1.82) is 0 Å². The van der Waals surface area contributed by atoms with Crippen LogP contribution in [-0.2, 0) is 0 Å². The van der Waals surface area contributed by atoms with Gasteiger partial charge in [-0.25, -0.2) is 0 Å². The highest BCUT2D eigenvalue weighted by Crippen LogP contribution is 2.36. The molecule has 1 fully saturated rings. The molecule has 0 unspecified atom stereocenters. The van der Waals surface area contributed by atoms with Crippen molar-refractivity contribution in [2.75, 3.05) is 25.0 Å². The molecular formula is C16H32BrN. The maximum atomic E-state index is 3.80. The summed E-state index contributed by atoms with van der Waals surface area (Å²) in [5, 5.41) is 1.17. The first kappa shape index (κ1) is 16.5. The highest BCUT2D eigenvalue weighted by atomic mass is 79.9. The molecule has 0 bridgehead atoms. The fourth-order valence-electron chi connectivity index (χ4n) is 3.31. The van der Waals surface area contributed by atoms with Gasteiger partial charge >= 0.3 is 0 Å². The summed E-state index contributed by atoms with van der Waals surface area (Å²) < 4.78 is 0. The smallest absolute Gasteiger partial charge is 0.0100 e. The minimum Gasteiger partial charge on any atom is -0.303 e. The van der Waals surface area contributed by atoms with E-state index >= 15 is 0 Å². The number of hydrogen-bond acceptors (Lipinski definition) is 1. The zero-order valence-corrected chi connectivity index (χ0v) is 14.5. The van der Waals surface area contributed by atoms with Crippen molar-refractivity contribution >= 4 is 15.9 Å². The zero-order valence-electron chi connectivity index (χ0n) is 12.9. The summed E-state index contributed by atoms with van der Waals surface area (Å²) in [6, 6.07) is 0. The zero-order chi connectivity index (χ0) is 13.6. The fraction of sp³-hybridized carbons (Fsp3) is 1.00. The number of likely N-dealkylation sites (tertiary alicyclic amines) is 1. The van der Waals surface area contributed by atoms with Crippen LogP contribution in [0.5, 0.6) is 0 Å². The quantitative estimate of drug-likeness (QED) is 0.591. The highest BCUT2D eigenvalue weighted by Gasteiger charge is 2.32. The Labute approximate surface area is 123 Å². The molecule has 1 heterocycles. The Kier molecular flexibility index (Phi) is 6.67. The van der Waals surface area contributed by atoms with Crippen LogP contribution in [0.1, 0.15) is 66.2 Å². The summed E-state index contributed by atoms with van der Waals surface area (Å²) in [5.74, 6) is 0. The second-order valence-electron chi connectivity index (χ2n) is 7.07. The molecule has 0 N–H and O–H groups in total. The molecule has 0 saturated carbocycles. The minimum atomic E-state index is 0.519. The second-order valence-corrected chi connectivity index (χ2v) is 7.63. The largest absolute Gasteiger partial charge is 0.303 e. The number of alkyl halides is 1. The summed E-state index contributed by atoms with van der Waals surface area (Å²) in [6.07, 6.45) is 8.08. The van der Waals surface area contributed by atoms with Crippen LogP contribution in [0.2, 0.25) is 0 Å². The number of halogens is 1. The third kappa shape index (κ3) is 4.85. The van der Waals surface area contributed by atoms with Crippen molar-refractivity contribution < 1.29 is 0 Å². The first-order valence-electron chi connectivity index (χ1n) is 7.75. The van der Waals surface area contributed by atoms with Crippen molar-refractivity contribution in [3.05, 3.63) is 0 Å². The van der Waals surface area contributed by atoms with Gasteiger partial charge in [0.25, 0.3) is 0 Å². The van der Waals surface area contributed by atoms with Gasteiger partial charge in [-0.15, -0.1) is 0 Å². The Hall–Kier alpha value is 0.440. The summed E-state index contributed by atoms with van der Waals surface area (Å²) in [7, 11) is 0. The van der Waals surface area contributed by atoms with E-state index in [1.165, 1.54) is 63.5 Å². The first-order chi connectivity index (χ1) is 8.47. The van der Waals surface area contributed by atoms with Crippen LogP contribution in [0.15, 0.2) is 0 Å². The Morgan fingerprint density at radius 2 is 1.56 bits per heavy atom. The van der Waals surface area contributed by atoms with Gasteiger partial charge in [0.1, 0.15) is 0 Å². The van der Waals surface area contributed by atoms with E-state index in [1.54, 1.807) is 0 Å². The summed E-state index contributed by atoms with van der Waals surface area (Å²) in [4.78, 5) is 2.72. The summed E-state index contributed by atoms with van der Waals surface area (Å²) >= 11 is 3.80. The van der Waals surface area contributed by atoms with Crippen molar-refractivity contribution in [1.82, 2.24) is 4.90 Å². The van der Waals surface area contributed by atoms with Crippen LogP contribution in [0.25, 0.3) is 0 Å². The standard InChI is InChI=1S/C16H32BrN/c1-5-7-16(13-17,8-6-2)14-18-11-9-15(3,4)10-12-18/h5-14H2,1-4H3. The van der Waals surface area contributed by atoms with Gasteiger partial charge in [-0.1, -0.05) is 56.5 Å². The van der Waals surface area contributed by atoms with Crippen molar-refractivity contribution in [3.63, 3.8) is 0 Å². The first-order valence-corrected chi connectivity index (χ1v) is 8.87. The summed E-state index contributed by atoms with van der Waals surface area (Å²) in [5.41, 5.74) is 1.09. The average molecular weight is 318 g/mol. The molecule has 108 valence electrons. The van der Waals surface area contributed by atoms with Crippen molar-refractivity contribution in [2.45, 2.75) is 66.2 Å². The maximum absolute atomic E-state index is 3.80. The van der Waals surface area contributed by atoms with Crippen LogP contribution in [-0.4, -0.2) is 29.9 Å². The molecule has 0 amide bonds. The average Bonchev–Trinajstić information content (AvgIpc) is 2.32. The Balaban J connectivity index is 2.55. The normalized spacial score (nSPS) is 21.2. The van der Waals surface area contributed by atoms with Crippen LogP contribution in [0.4, 0.5) is 0 Å². The number of piperidine rings is 1. The van der Waals surface area contributed by atoms with Gasteiger partial charge in [-0.3, -0.25) is 0 Å². The molecule has 0 spiro atoms. The topological polar surface area (TPSA) is 3.24 Å². The highest BCUT2D eigenvalue weighted by molar-refractivity contribution is 9.09. The van der Waals surface area contributed by atoms with E-state index in [-0.39, 0.29) is 0 Å². The molecule has 18 heavy (non-hydrogen) atoms. The van der Waals surface area contributed by atoms with Gasteiger partial charge in [0.05, 0.1) is 0 Å². The number of nitrogens with zero attached hydrogens (tertiary/aromatic N) is 1. The van der Waals surface area contributed by atoms with Crippen LogP contribution in [0.3, 0.4) is 0 Å². The van der Waals surface area contributed by atoms with Crippen LogP contribution in [0, 0.1) is 10.8 Å². The van der Waals surface area contributed by atoms with E-state index in [9.17, 15) is 0 Å². The van der Waals surface area contributed by atoms with Crippen LogP contribution < -0.4 is 0 Å². The Bertz CT molecular complexity index is 221. The van der Waals surface area contributed by atoms with Crippen molar-refractivity contribution in [3.8, 4) is 0 Å². The molecule has 1 nitrogen and oxygen atoms in total. The molecule has 1 saturated heterocycles.